The highest BCUT2D eigenvalue weighted by Crippen LogP contribution is 2.23. The summed E-state index contributed by atoms with van der Waals surface area (Å²) in [4.78, 5) is 9.04. The molecule has 0 spiro atoms. The molecule has 0 saturated heterocycles. The molecule has 0 aromatic carbocycles. The van der Waals surface area contributed by atoms with Crippen LogP contribution in [0.15, 0.2) is 22.3 Å². The summed E-state index contributed by atoms with van der Waals surface area (Å²) >= 11 is 7.09. The van der Waals surface area contributed by atoms with Gasteiger partial charge in [0.05, 0.1) is 16.6 Å². The molecule has 13 heavy (non-hydrogen) atoms. The van der Waals surface area contributed by atoms with E-state index in [2.05, 4.69) is 9.97 Å². The maximum absolute atomic E-state index is 5.56. The van der Waals surface area contributed by atoms with Gasteiger partial charge >= 0.3 is 0 Å². The number of rotatable bonds is 3. The summed E-state index contributed by atoms with van der Waals surface area (Å²) < 4.78 is 5.44. The molecule has 0 unspecified atom stereocenters. The van der Waals surface area contributed by atoms with Crippen molar-refractivity contribution in [2.75, 3.05) is 5.88 Å². The lowest BCUT2D eigenvalue weighted by molar-refractivity contribution is 0.515. The monoisotopic (exact) mass is 214 g/mol. The van der Waals surface area contributed by atoms with Gasteiger partial charge in [-0.05, 0) is 0 Å². The van der Waals surface area contributed by atoms with E-state index < -0.39 is 0 Å². The Hall–Kier alpha value is -0.870. The van der Waals surface area contributed by atoms with Gasteiger partial charge in [0, 0.05) is 18.5 Å². The Bertz CT molecular complexity index is 371. The average molecular weight is 215 g/mol. The zero-order valence-corrected chi connectivity index (χ0v) is 8.31. The van der Waals surface area contributed by atoms with Crippen LogP contribution in [0.25, 0.3) is 10.6 Å². The molecule has 0 aliphatic heterocycles. The second-order valence-corrected chi connectivity index (χ2v) is 3.69. The molecule has 0 saturated carbocycles. The molecule has 0 amide bonds. The Morgan fingerprint density at radius 3 is 3.08 bits per heavy atom. The number of alkyl halides is 1. The Morgan fingerprint density at radius 1 is 1.46 bits per heavy atom. The lowest BCUT2D eigenvalue weighted by Gasteiger charge is -1.88. The maximum atomic E-state index is 5.56. The predicted molar refractivity (Wildman–Crippen MR) is 52.0 cm³/mol. The van der Waals surface area contributed by atoms with Gasteiger partial charge in [-0.2, -0.15) is 0 Å². The highest BCUT2D eigenvalue weighted by Gasteiger charge is 2.06. The number of aryl methyl sites for hydroxylation is 1. The summed E-state index contributed by atoms with van der Waals surface area (Å²) in [6.07, 6.45) is 4.13. The molecule has 0 bridgehead atoms. The fourth-order valence-corrected chi connectivity index (χ4v) is 1.69. The third kappa shape index (κ3) is 1.89. The minimum Gasteiger partial charge on any atom is -0.440 e. The number of aromatic nitrogens is 2. The van der Waals surface area contributed by atoms with Crippen LogP contribution in [0.1, 0.15) is 5.89 Å². The van der Waals surface area contributed by atoms with Crippen LogP contribution in [-0.4, -0.2) is 15.8 Å². The van der Waals surface area contributed by atoms with E-state index in [1.54, 1.807) is 17.9 Å². The molecular weight excluding hydrogens is 208 g/mol. The van der Waals surface area contributed by atoms with Crippen LogP contribution in [0.5, 0.6) is 0 Å². The van der Waals surface area contributed by atoms with Gasteiger partial charge in [-0.1, -0.05) is 0 Å². The van der Waals surface area contributed by atoms with Crippen molar-refractivity contribution in [2.45, 2.75) is 6.42 Å². The summed E-state index contributed by atoms with van der Waals surface area (Å²) in [5.41, 5.74) is 1.76. The first-order valence-electron chi connectivity index (χ1n) is 3.79. The van der Waals surface area contributed by atoms with Crippen molar-refractivity contribution >= 4 is 22.9 Å². The molecule has 68 valence electrons. The normalized spacial score (nSPS) is 10.5. The molecule has 0 atom stereocenters. The fraction of sp³-hybridized carbons (Fsp3) is 0.250. The van der Waals surface area contributed by atoms with Crippen LogP contribution >= 0.6 is 22.9 Å². The summed E-state index contributed by atoms with van der Waals surface area (Å²) in [5.74, 6) is 1.98. The smallest absolute Gasteiger partial charge is 0.196 e. The highest BCUT2D eigenvalue weighted by atomic mass is 35.5. The second-order valence-electron chi connectivity index (χ2n) is 2.42. The van der Waals surface area contributed by atoms with Crippen LogP contribution in [0.2, 0.25) is 0 Å². The van der Waals surface area contributed by atoms with Gasteiger partial charge in [0.25, 0.3) is 0 Å². The van der Waals surface area contributed by atoms with Gasteiger partial charge in [-0.15, -0.1) is 22.9 Å². The van der Waals surface area contributed by atoms with Gasteiger partial charge in [0.15, 0.2) is 11.7 Å². The molecule has 0 radical (unpaired) electrons. The molecule has 2 rings (SSSR count). The minimum absolute atomic E-state index is 0.530. The quantitative estimate of drug-likeness (QED) is 0.738. The van der Waals surface area contributed by atoms with Crippen molar-refractivity contribution in [3.63, 3.8) is 0 Å². The third-order valence-electron chi connectivity index (χ3n) is 1.54. The summed E-state index contributed by atoms with van der Waals surface area (Å²) in [5, 5.41) is 0. The number of nitrogens with zero attached hydrogens (tertiary/aromatic N) is 2. The third-order valence-corrected chi connectivity index (χ3v) is 2.51. The molecule has 0 N–H and O–H groups in total. The van der Waals surface area contributed by atoms with Gasteiger partial charge in [0.1, 0.15) is 0 Å². The van der Waals surface area contributed by atoms with E-state index >= 15 is 0 Å². The van der Waals surface area contributed by atoms with Crippen LogP contribution in [0.4, 0.5) is 0 Å². The van der Waals surface area contributed by atoms with Gasteiger partial charge in [0.2, 0.25) is 0 Å². The molecule has 0 fully saturated rings. The largest absolute Gasteiger partial charge is 0.440 e. The summed E-state index contributed by atoms with van der Waals surface area (Å²) in [7, 11) is 0. The Labute approximate surface area is 84.4 Å². The Morgan fingerprint density at radius 2 is 2.38 bits per heavy atom. The Kier molecular flexibility index (Phi) is 2.61. The fourth-order valence-electron chi connectivity index (χ4n) is 0.958. The van der Waals surface area contributed by atoms with E-state index in [0.717, 1.165) is 10.6 Å². The summed E-state index contributed by atoms with van der Waals surface area (Å²) in [6.45, 7) is 0. The lowest BCUT2D eigenvalue weighted by Crippen LogP contribution is -1.83. The number of hydrogen-bond acceptors (Lipinski definition) is 4. The first-order valence-corrected chi connectivity index (χ1v) is 5.21. The van der Waals surface area contributed by atoms with E-state index in [0.29, 0.717) is 18.2 Å². The van der Waals surface area contributed by atoms with Crippen LogP contribution in [-0.2, 0) is 6.42 Å². The average Bonchev–Trinajstić information content (AvgIpc) is 2.70. The second kappa shape index (κ2) is 3.89. The van der Waals surface area contributed by atoms with Crippen molar-refractivity contribution in [3.05, 3.63) is 23.8 Å². The maximum Gasteiger partial charge on any atom is 0.196 e. The number of oxazole rings is 1. The number of halogens is 1. The molecule has 2 aromatic rings. The predicted octanol–water partition coefficient (Wildman–Crippen LogP) is 2.58. The Balaban J connectivity index is 2.23. The van der Waals surface area contributed by atoms with Crippen molar-refractivity contribution < 1.29 is 4.42 Å². The van der Waals surface area contributed by atoms with Crippen molar-refractivity contribution in [1.29, 1.82) is 0 Å². The van der Waals surface area contributed by atoms with Crippen molar-refractivity contribution in [2.24, 2.45) is 0 Å². The van der Waals surface area contributed by atoms with Crippen molar-refractivity contribution in [3.8, 4) is 10.6 Å². The van der Waals surface area contributed by atoms with Crippen LogP contribution < -0.4 is 0 Å². The topological polar surface area (TPSA) is 38.9 Å². The number of hydrogen-bond donors (Lipinski definition) is 0. The molecule has 3 nitrogen and oxygen atoms in total. The van der Waals surface area contributed by atoms with E-state index in [1.807, 2.05) is 0 Å². The standard InChI is InChI=1S/C8H7ClN2OS/c9-2-1-8-11-3-6(12-8)7-4-10-5-13-7/h3-5H,1-2H2. The number of thiazole rings is 1. The lowest BCUT2D eigenvalue weighted by atomic mass is 10.4. The van der Waals surface area contributed by atoms with Crippen molar-refractivity contribution in [1.82, 2.24) is 9.97 Å². The zero-order valence-electron chi connectivity index (χ0n) is 6.74. The van der Waals surface area contributed by atoms with E-state index in [9.17, 15) is 0 Å². The molecule has 5 heteroatoms. The SMILES string of the molecule is ClCCc1ncc(-c2cncs2)o1. The molecule has 0 aliphatic carbocycles. The van der Waals surface area contributed by atoms with Gasteiger partial charge in [-0.25, -0.2) is 4.98 Å². The van der Waals surface area contributed by atoms with E-state index in [1.165, 1.54) is 11.3 Å². The van der Waals surface area contributed by atoms with E-state index in [4.69, 9.17) is 16.0 Å². The van der Waals surface area contributed by atoms with Crippen LogP contribution in [0.3, 0.4) is 0 Å². The van der Waals surface area contributed by atoms with Crippen LogP contribution in [0, 0.1) is 0 Å². The first kappa shape index (κ1) is 8.72. The van der Waals surface area contributed by atoms with Gasteiger partial charge < -0.3 is 4.42 Å². The highest BCUT2D eigenvalue weighted by molar-refractivity contribution is 7.13. The minimum atomic E-state index is 0.530. The van der Waals surface area contributed by atoms with E-state index in [-0.39, 0.29) is 0 Å². The zero-order chi connectivity index (χ0) is 9.10. The first-order chi connectivity index (χ1) is 6.40. The van der Waals surface area contributed by atoms with Gasteiger partial charge in [-0.3, -0.25) is 4.98 Å². The molecule has 0 aliphatic rings. The molecule has 2 aromatic heterocycles. The molecule has 2 heterocycles. The molecular formula is C8H7ClN2OS. The summed E-state index contributed by atoms with van der Waals surface area (Å²) in [6, 6.07) is 0.